The third-order valence-electron chi connectivity index (χ3n) is 2.09. The second-order valence-electron chi connectivity index (χ2n) is 3.82. The minimum absolute atomic E-state index is 0.111. The SMILES string of the molecule is CN(C)CCCCNS(=O)(=O)c1cnc[nH]1. The van der Waals surface area contributed by atoms with Gasteiger partial charge in [-0.25, -0.2) is 18.1 Å². The molecule has 6 nitrogen and oxygen atoms in total. The maximum atomic E-state index is 11.6. The molecular weight excluding hydrogens is 228 g/mol. The largest absolute Gasteiger partial charge is 0.335 e. The lowest BCUT2D eigenvalue weighted by Crippen LogP contribution is -2.25. The quantitative estimate of drug-likeness (QED) is 0.665. The van der Waals surface area contributed by atoms with Crippen molar-refractivity contribution in [3.8, 4) is 0 Å². The molecule has 7 heteroatoms. The summed E-state index contributed by atoms with van der Waals surface area (Å²) in [5.41, 5.74) is 0. The molecule has 0 amide bonds. The minimum Gasteiger partial charge on any atom is -0.335 e. The van der Waals surface area contributed by atoms with E-state index in [1.165, 1.54) is 12.5 Å². The molecule has 1 heterocycles. The van der Waals surface area contributed by atoms with Crippen molar-refractivity contribution in [2.24, 2.45) is 0 Å². The van der Waals surface area contributed by atoms with Gasteiger partial charge in [-0.2, -0.15) is 0 Å². The second-order valence-corrected chi connectivity index (χ2v) is 5.56. The maximum Gasteiger partial charge on any atom is 0.257 e. The van der Waals surface area contributed by atoms with E-state index in [1.807, 2.05) is 14.1 Å². The molecule has 2 N–H and O–H groups in total. The summed E-state index contributed by atoms with van der Waals surface area (Å²) in [7, 11) is 0.590. The molecular formula is C9H18N4O2S. The normalized spacial score (nSPS) is 12.2. The summed E-state index contributed by atoms with van der Waals surface area (Å²) < 4.78 is 25.7. The number of nitrogens with zero attached hydrogens (tertiary/aromatic N) is 2. The van der Waals surface area contributed by atoms with Crippen LogP contribution in [0.1, 0.15) is 12.8 Å². The first kappa shape index (κ1) is 13.1. The van der Waals surface area contributed by atoms with E-state index in [0.29, 0.717) is 6.54 Å². The van der Waals surface area contributed by atoms with Gasteiger partial charge in [0.15, 0.2) is 5.03 Å². The lowest BCUT2D eigenvalue weighted by Gasteiger charge is -2.09. The van der Waals surface area contributed by atoms with Gasteiger partial charge in [0, 0.05) is 6.54 Å². The third kappa shape index (κ3) is 4.30. The summed E-state index contributed by atoms with van der Waals surface area (Å²) in [5.74, 6) is 0. The molecule has 16 heavy (non-hydrogen) atoms. The van der Waals surface area contributed by atoms with Crippen molar-refractivity contribution in [3.05, 3.63) is 12.5 Å². The number of hydrogen-bond donors (Lipinski definition) is 2. The minimum atomic E-state index is -3.40. The maximum absolute atomic E-state index is 11.6. The number of sulfonamides is 1. The van der Waals surface area contributed by atoms with E-state index < -0.39 is 10.0 Å². The molecule has 0 aliphatic rings. The van der Waals surface area contributed by atoms with Crippen molar-refractivity contribution in [1.29, 1.82) is 0 Å². The van der Waals surface area contributed by atoms with Gasteiger partial charge in [-0.05, 0) is 33.5 Å². The van der Waals surface area contributed by atoms with Gasteiger partial charge in [0.1, 0.15) is 0 Å². The van der Waals surface area contributed by atoms with E-state index in [2.05, 4.69) is 19.6 Å². The zero-order chi connectivity index (χ0) is 12.0. The van der Waals surface area contributed by atoms with Gasteiger partial charge < -0.3 is 9.88 Å². The van der Waals surface area contributed by atoms with E-state index in [1.54, 1.807) is 0 Å². The summed E-state index contributed by atoms with van der Waals surface area (Å²) in [6.07, 6.45) is 4.44. The van der Waals surface area contributed by atoms with Crippen LogP contribution in [-0.4, -0.2) is 50.5 Å². The van der Waals surface area contributed by atoms with Gasteiger partial charge in [0.25, 0.3) is 10.0 Å². The number of H-pyrrole nitrogens is 1. The Bertz CT molecular complexity index is 386. The molecule has 0 radical (unpaired) electrons. The lowest BCUT2D eigenvalue weighted by molar-refractivity contribution is 0.394. The van der Waals surface area contributed by atoms with Crippen molar-refractivity contribution >= 4 is 10.0 Å². The lowest BCUT2D eigenvalue weighted by atomic mass is 10.3. The van der Waals surface area contributed by atoms with Crippen LogP contribution in [0.15, 0.2) is 17.6 Å². The fraction of sp³-hybridized carbons (Fsp3) is 0.667. The monoisotopic (exact) mass is 246 g/mol. The number of aromatic nitrogens is 2. The van der Waals surface area contributed by atoms with Gasteiger partial charge in [-0.1, -0.05) is 0 Å². The Morgan fingerprint density at radius 1 is 1.44 bits per heavy atom. The fourth-order valence-corrected chi connectivity index (χ4v) is 2.20. The first-order chi connectivity index (χ1) is 7.52. The average Bonchev–Trinajstić information content (AvgIpc) is 2.69. The summed E-state index contributed by atoms with van der Waals surface area (Å²) >= 11 is 0. The molecule has 1 aromatic heterocycles. The van der Waals surface area contributed by atoms with Gasteiger partial charge in [0.2, 0.25) is 0 Å². The van der Waals surface area contributed by atoms with Crippen LogP contribution < -0.4 is 4.72 Å². The number of rotatable bonds is 7. The number of nitrogens with one attached hydrogen (secondary N) is 2. The van der Waals surface area contributed by atoms with Crippen molar-refractivity contribution in [1.82, 2.24) is 19.6 Å². The van der Waals surface area contributed by atoms with Gasteiger partial charge in [-0.3, -0.25) is 0 Å². The summed E-state index contributed by atoms with van der Waals surface area (Å²) in [6, 6.07) is 0. The first-order valence-corrected chi connectivity index (χ1v) is 6.63. The highest BCUT2D eigenvalue weighted by atomic mass is 32.2. The van der Waals surface area contributed by atoms with Crippen molar-refractivity contribution in [2.75, 3.05) is 27.2 Å². The molecule has 0 aliphatic carbocycles. The van der Waals surface area contributed by atoms with Crippen LogP contribution in [0.2, 0.25) is 0 Å². The van der Waals surface area contributed by atoms with Gasteiger partial charge in [0.05, 0.1) is 12.5 Å². The van der Waals surface area contributed by atoms with Crippen molar-refractivity contribution in [3.63, 3.8) is 0 Å². The molecule has 0 bridgehead atoms. The molecule has 1 aromatic rings. The molecule has 92 valence electrons. The molecule has 0 saturated carbocycles. The highest BCUT2D eigenvalue weighted by Crippen LogP contribution is 2.01. The molecule has 1 rings (SSSR count). The standard InChI is InChI=1S/C9H18N4O2S/c1-13(2)6-4-3-5-12-16(14,15)9-7-10-8-11-9/h7-8,12H,3-6H2,1-2H3,(H,10,11). The van der Waals surface area contributed by atoms with Crippen LogP contribution in [0.4, 0.5) is 0 Å². The Kier molecular flexibility index (Phi) is 4.91. The Balaban J connectivity index is 2.28. The number of unbranched alkanes of at least 4 members (excludes halogenated alkanes) is 1. The molecule has 0 saturated heterocycles. The smallest absolute Gasteiger partial charge is 0.257 e. The second kappa shape index (κ2) is 5.97. The number of aromatic amines is 1. The number of imidazole rings is 1. The Labute approximate surface area is 96.1 Å². The van der Waals surface area contributed by atoms with Crippen molar-refractivity contribution < 1.29 is 8.42 Å². The highest BCUT2D eigenvalue weighted by Gasteiger charge is 2.13. The molecule has 0 fully saturated rings. The Morgan fingerprint density at radius 2 is 2.19 bits per heavy atom. The molecule has 0 unspecified atom stereocenters. The fourth-order valence-electron chi connectivity index (χ4n) is 1.23. The predicted molar refractivity (Wildman–Crippen MR) is 61.6 cm³/mol. The third-order valence-corrected chi connectivity index (χ3v) is 3.47. The predicted octanol–water partition coefficient (Wildman–Crippen LogP) is 0.0298. The van der Waals surface area contributed by atoms with Crippen molar-refractivity contribution in [2.45, 2.75) is 17.9 Å². The Hall–Kier alpha value is -0.920. The van der Waals surface area contributed by atoms with E-state index in [9.17, 15) is 8.42 Å². The highest BCUT2D eigenvalue weighted by molar-refractivity contribution is 7.89. The van der Waals surface area contributed by atoms with Crippen LogP contribution >= 0.6 is 0 Å². The zero-order valence-electron chi connectivity index (χ0n) is 9.60. The van der Waals surface area contributed by atoms with Gasteiger partial charge in [-0.15, -0.1) is 0 Å². The van der Waals surface area contributed by atoms with Crippen LogP contribution in [0, 0.1) is 0 Å². The van der Waals surface area contributed by atoms with Crippen LogP contribution in [0.5, 0.6) is 0 Å². The van der Waals surface area contributed by atoms with Crippen LogP contribution in [0.25, 0.3) is 0 Å². The summed E-state index contributed by atoms with van der Waals surface area (Å²) in [5, 5.41) is 0.111. The van der Waals surface area contributed by atoms with E-state index in [4.69, 9.17) is 0 Å². The van der Waals surface area contributed by atoms with Crippen LogP contribution in [-0.2, 0) is 10.0 Å². The van der Waals surface area contributed by atoms with E-state index >= 15 is 0 Å². The summed E-state index contributed by atoms with van der Waals surface area (Å²) in [4.78, 5) is 8.31. The summed E-state index contributed by atoms with van der Waals surface area (Å²) in [6.45, 7) is 1.42. The van der Waals surface area contributed by atoms with Gasteiger partial charge >= 0.3 is 0 Å². The molecule has 0 aliphatic heterocycles. The first-order valence-electron chi connectivity index (χ1n) is 5.15. The molecule has 0 aromatic carbocycles. The molecule has 0 spiro atoms. The topological polar surface area (TPSA) is 78.1 Å². The van der Waals surface area contributed by atoms with Crippen LogP contribution in [0.3, 0.4) is 0 Å². The zero-order valence-corrected chi connectivity index (χ0v) is 10.4. The van der Waals surface area contributed by atoms with E-state index in [0.717, 1.165) is 19.4 Å². The number of hydrogen-bond acceptors (Lipinski definition) is 4. The van der Waals surface area contributed by atoms with E-state index in [-0.39, 0.29) is 5.03 Å². The average molecular weight is 246 g/mol. The Morgan fingerprint density at radius 3 is 2.75 bits per heavy atom. The molecule has 0 atom stereocenters.